The SMILES string of the molecule is COc1ccc(-c2nc(=S)n(CN3CCN(c4ccccc4Cl)CC3)[nH]2)cc1. The van der Waals surface area contributed by atoms with Crippen molar-refractivity contribution in [2.24, 2.45) is 0 Å². The van der Waals surface area contributed by atoms with Crippen molar-refractivity contribution in [2.45, 2.75) is 6.67 Å². The lowest BCUT2D eigenvalue weighted by Crippen LogP contribution is -2.47. The van der Waals surface area contributed by atoms with E-state index in [1.807, 2.05) is 47.1 Å². The molecule has 0 bridgehead atoms. The van der Waals surface area contributed by atoms with Crippen LogP contribution in [0.15, 0.2) is 48.5 Å². The molecule has 8 heteroatoms. The maximum atomic E-state index is 6.33. The van der Waals surface area contributed by atoms with Gasteiger partial charge >= 0.3 is 0 Å². The highest BCUT2D eigenvalue weighted by Gasteiger charge is 2.19. The maximum absolute atomic E-state index is 6.33. The summed E-state index contributed by atoms with van der Waals surface area (Å²) < 4.78 is 7.68. The van der Waals surface area contributed by atoms with Gasteiger partial charge in [0.1, 0.15) is 5.75 Å². The van der Waals surface area contributed by atoms with Crippen LogP contribution in [0.1, 0.15) is 0 Å². The average molecular weight is 416 g/mol. The summed E-state index contributed by atoms with van der Waals surface area (Å²) >= 11 is 11.8. The molecule has 28 heavy (non-hydrogen) atoms. The Labute approximate surface area is 174 Å². The second kappa shape index (κ2) is 8.34. The van der Waals surface area contributed by atoms with Crippen molar-refractivity contribution in [3.63, 3.8) is 0 Å². The van der Waals surface area contributed by atoms with Gasteiger partial charge in [-0.2, -0.15) is 4.98 Å². The van der Waals surface area contributed by atoms with E-state index in [0.717, 1.165) is 54.0 Å². The highest BCUT2D eigenvalue weighted by molar-refractivity contribution is 7.71. The molecular weight excluding hydrogens is 394 g/mol. The average Bonchev–Trinajstić information content (AvgIpc) is 3.09. The molecule has 1 fully saturated rings. The normalized spacial score (nSPS) is 15.0. The number of hydrogen-bond acceptors (Lipinski definition) is 5. The first-order valence-electron chi connectivity index (χ1n) is 9.17. The number of hydrogen-bond donors (Lipinski definition) is 1. The number of aromatic amines is 1. The first-order valence-corrected chi connectivity index (χ1v) is 9.96. The Morgan fingerprint density at radius 2 is 1.79 bits per heavy atom. The molecule has 1 aliphatic heterocycles. The van der Waals surface area contributed by atoms with Crippen LogP contribution in [0.25, 0.3) is 11.4 Å². The number of para-hydroxylation sites is 1. The molecule has 1 aromatic heterocycles. The first kappa shape index (κ1) is 19.0. The van der Waals surface area contributed by atoms with Crippen LogP contribution < -0.4 is 9.64 Å². The lowest BCUT2D eigenvalue weighted by Gasteiger charge is -2.36. The van der Waals surface area contributed by atoms with Gasteiger partial charge in [0.25, 0.3) is 0 Å². The monoisotopic (exact) mass is 415 g/mol. The van der Waals surface area contributed by atoms with Crippen molar-refractivity contribution >= 4 is 29.5 Å². The third-order valence-electron chi connectivity index (χ3n) is 4.95. The van der Waals surface area contributed by atoms with E-state index in [9.17, 15) is 0 Å². The third-order valence-corrected chi connectivity index (χ3v) is 5.58. The number of nitrogens with one attached hydrogen (secondary N) is 1. The Balaban J connectivity index is 1.41. The third kappa shape index (κ3) is 4.06. The molecule has 1 aliphatic rings. The fraction of sp³-hybridized carbons (Fsp3) is 0.300. The lowest BCUT2D eigenvalue weighted by molar-refractivity contribution is 0.194. The second-order valence-corrected chi connectivity index (χ2v) is 7.48. The predicted molar refractivity (Wildman–Crippen MR) is 115 cm³/mol. The van der Waals surface area contributed by atoms with E-state index in [4.69, 9.17) is 28.6 Å². The van der Waals surface area contributed by atoms with E-state index in [0.29, 0.717) is 11.4 Å². The van der Waals surface area contributed by atoms with Crippen LogP contribution in [0.5, 0.6) is 5.75 Å². The number of piperazine rings is 1. The summed E-state index contributed by atoms with van der Waals surface area (Å²) in [6.45, 7) is 4.42. The van der Waals surface area contributed by atoms with Crippen LogP contribution in [0.4, 0.5) is 5.69 Å². The second-order valence-electron chi connectivity index (χ2n) is 6.71. The zero-order valence-corrected chi connectivity index (χ0v) is 17.2. The Morgan fingerprint density at radius 1 is 1.07 bits per heavy atom. The number of nitrogens with zero attached hydrogens (tertiary/aromatic N) is 4. The Hall–Kier alpha value is -2.35. The zero-order chi connectivity index (χ0) is 19.5. The quantitative estimate of drug-likeness (QED) is 0.637. The highest BCUT2D eigenvalue weighted by atomic mass is 35.5. The van der Waals surface area contributed by atoms with E-state index in [2.05, 4.69) is 25.9 Å². The molecular formula is C20H22ClN5OS. The van der Waals surface area contributed by atoms with Crippen LogP contribution in [0.2, 0.25) is 5.02 Å². The smallest absolute Gasteiger partial charge is 0.217 e. The van der Waals surface area contributed by atoms with E-state index >= 15 is 0 Å². The van der Waals surface area contributed by atoms with E-state index in [1.165, 1.54) is 0 Å². The fourth-order valence-corrected chi connectivity index (χ4v) is 3.82. The highest BCUT2D eigenvalue weighted by Crippen LogP contribution is 2.26. The molecule has 0 spiro atoms. The van der Waals surface area contributed by atoms with E-state index in [-0.39, 0.29) is 0 Å². The van der Waals surface area contributed by atoms with Gasteiger partial charge in [0.05, 0.1) is 24.5 Å². The number of anilines is 1. The molecule has 1 saturated heterocycles. The number of ether oxygens (including phenoxy) is 1. The summed E-state index contributed by atoms with van der Waals surface area (Å²) in [7, 11) is 1.66. The standard InChI is InChI=1S/C20H22ClN5OS/c1-27-16-8-6-15(7-9-16)19-22-20(28)26(23-19)14-24-10-12-25(13-11-24)18-5-3-2-4-17(18)21/h2-9H,10-14H2,1H3,(H,22,23,28). The van der Waals surface area contributed by atoms with Crippen LogP contribution in [-0.4, -0.2) is 53.0 Å². The van der Waals surface area contributed by atoms with Crippen molar-refractivity contribution in [1.82, 2.24) is 19.7 Å². The van der Waals surface area contributed by atoms with Gasteiger partial charge in [0.2, 0.25) is 4.77 Å². The summed E-state index contributed by atoms with van der Waals surface area (Å²) in [6, 6.07) is 15.8. The molecule has 6 nitrogen and oxygen atoms in total. The van der Waals surface area contributed by atoms with Crippen molar-refractivity contribution in [3.8, 4) is 17.1 Å². The summed E-state index contributed by atoms with van der Waals surface area (Å²) in [5.74, 6) is 1.58. The number of benzene rings is 2. The van der Waals surface area contributed by atoms with Crippen LogP contribution in [-0.2, 0) is 6.67 Å². The molecule has 0 amide bonds. The number of H-pyrrole nitrogens is 1. The van der Waals surface area contributed by atoms with Gasteiger partial charge in [-0.05, 0) is 48.6 Å². The molecule has 0 aliphatic carbocycles. The van der Waals surface area contributed by atoms with Crippen LogP contribution in [0.3, 0.4) is 0 Å². The topological polar surface area (TPSA) is 49.3 Å². The summed E-state index contributed by atoms with van der Waals surface area (Å²) in [6.07, 6.45) is 0. The molecule has 0 saturated carbocycles. The summed E-state index contributed by atoms with van der Waals surface area (Å²) in [5.41, 5.74) is 2.08. The Bertz CT molecular complexity index is 992. The Kier molecular flexibility index (Phi) is 5.66. The predicted octanol–water partition coefficient (Wildman–Crippen LogP) is 4.05. The molecule has 0 unspecified atom stereocenters. The van der Waals surface area contributed by atoms with E-state index < -0.39 is 0 Å². The molecule has 4 rings (SSSR count). The number of halogens is 1. The van der Waals surface area contributed by atoms with Crippen LogP contribution >= 0.6 is 23.8 Å². The van der Waals surface area contributed by atoms with E-state index in [1.54, 1.807) is 7.11 Å². The minimum atomic E-state index is 0.555. The number of methoxy groups -OCH3 is 1. The van der Waals surface area contributed by atoms with Gasteiger partial charge < -0.3 is 9.64 Å². The number of rotatable bonds is 5. The van der Waals surface area contributed by atoms with Crippen molar-refractivity contribution in [1.29, 1.82) is 0 Å². The minimum Gasteiger partial charge on any atom is -0.497 e. The van der Waals surface area contributed by atoms with Gasteiger partial charge in [0.15, 0.2) is 5.82 Å². The molecule has 1 N–H and O–H groups in total. The van der Waals surface area contributed by atoms with Crippen molar-refractivity contribution in [2.75, 3.05) is 38.2 Å². The molecule has 146 valence electrons. The van der Waals surface area contributed by atoms with Gasteiger partial charge in [-0.1, -0.05) is 23.7 Å². The molecule has 0 radical (unpaired) electrons. The Morgan fingerprint density at radius 3 is 2.46 bits per heavy atom. The summed E-state index contributed by atoms with van der Waals surface area (Å²) in [4.78, 5) is 9.19. The molecule has 2 heterocycles. The molecule has 0 atom stereocenters. The molecule has 3 aromatic rings. The molecule has 2 aromatic carbocycles. The largest absolute Gasteiger partial charge is 0.497 e. The van der Waals surface area contributed by atoms with Crippen LogP contribution in [0, 0.1) is 4.77 Å². The lowest BCUT2D eigenvalue weighted by atomic mass is 10.2. The van der Waals surface area contributed by atoms with Gasteiger partial charge in [-0.3, -0.25) is 10.00 Å². The fourth-order valence-electron chi connectivity index (χ4n) is 3.37. The van der Waals surface area contributed by atoms with Gasteiger partial charge in [-0.15, -0.1) is 0 Å². The number of aromatic nitrogens is 3. The minimum absolute atomic E-state index is 0.555. The summed E-state index contributed by atoms with van der Waals surface area (Å²) in [5, 5.41) is 4.12. The van der Waals surface area contributed by atoms with Crippen molar-refractivity contribution < 1.29 is 4.74 Å². The van der Waals surface area contributed by atoms with Gasteiger partial charge in [0, 0.05) is 31.7 Å². The first-order chi connectivity index (χ1) is 13.6. The maximum Gasteiger partial charge on any atom is 0.217 e. The van der Waals surface area contributed by atoms with Crippen molar-refractivity contribution in [3.05, 3.63) is 58.3 Å². The van der Waals surface area contributed by atoms with Gasteiger partial charge in [-0.25, -0.2) is 4.68 Å². The zero-order valence-electron chi connectivity index (χ0n) is 15.6.